The van der Waals surface area contributed by atoms with Gasteiger partial charge in [-0.3, -0.25) is 4.79 Å². The van der Waals surface area contributed by atoms with Crippen LogP contribution in [0.2, 0.25) is 0 Å². The van der Waals surface area contributed by atoms with Crippen molar-refractivity contribution in [2.75, 3.05) is 18.1 Å². The van der Waals surface area contributed by atoms with Crippen molar-refractivity contribution in [3.05, 3.63) is 39.7 Å². The first-order valence-electron chi connectivity index (χ1n) is 8.26. The summed E-state index contributed by atoms with van der Waals surface area (Å²) < 4.78 is 34.2. The minimum Gasteiger partial charge on any atom is -0.483 e. The van der Waals surface area contributed by atoms with Crippen LogP contribution in [-0.2, 0) is 14.6 Å². The summed E-state index contributed by atoms with van der Waals surface area (Å²) in [5, 5.41) is 3.39. The summed E-state index contributed by atoms with van der Waals surface area (Å²) in [6.45, 7) is 5.06. The molecule has 1 atom stereocenters. The smallest absolute Gasteiger partial charge is 0.336 e. The van der Waals surface area contributed by atoms with Crippen LogP contribution in [0.25, 0.3) is 11.0 Å². The molecule has 26 heavy (non-hydrogen) atoms. The lowest BCUT2D eigenvalue weighted by atomic mass is 10.0. The maximum atomic E-state index is 12.2. The van der Waals surface area contributed by atoms with Crippen LogP contribution < -0.4 is 15.7 Å². The summed E-state index contributed by atoms with van der Waals surface area (Å²) in [5.41, 5.74) is 0.714. The van der Waals surface area contributed by atoms with Gasteiger partial charge in [-0.2, -0.15) is 0 Å². The largest absolute Gasteiger partial charge is 0.483 e. The molecular formula is C18H21NO6S. The molecule has 1 fully saturated rings. The van der Waals surface area contributed by atoms with E-state index in [0.29, 0.717) is 28.7 Å². The molecule has 0 radical (unpaired) electrons. The van der Waals surface area contributed by atoms with Gasteiger partial charge < -0.3 is 14.5 Å². The zero-order valence-electron chi connectivity index (χ0n) is 14.9. The van der Waals surface area contributed by atoms with Gasteiger partial charge in [0.1, 0.15) is 11.3 Å². The van der Waals surface area contributed by atoms with E-state index in [-0.39, 0.29) is 18.1 Å². The third kappa shape index (κ3) is 3.90. The fraction of sp³-hybridized carbons (Fsp3) is 0.444. The summed E-state index contributed by atoms with van der Waals surface area (Å²) >= 11 is 0. The maximum Gasteiger partial charge on any atom is 0.336 e. The topological polar surface area (TPSA) is 103 Å². The Morgan fingerprint density at radius 3 is 2.69 bits per heavy atom. The molecule has 3 rings (SSSR count). The Kier molecular flexibility index (Phi) is 4.56. The monoisotopic (exact) mass is 379 g/mol. The van der Waals surface area contributed by atoms with E-state index in [0.717, 1.165) is 5.56 Å². The molecule has 0 bridgehead atoms. The Morgan fingerprint density at radius 1 is 1.31 bits per heavy atom. The van der Waals surface area contributed by atoms with Gasteiger partial charge in [-0.1, -0.05) is 0 Å². The first-order chi connectivity index (χ1) is 12.1. The second kappa shape index (κ2) is 6.42. The molecule has 140 valence electrons. The van der Waals surface area contributed by atoms with E-state index in [2.05, 4.69) is 5.32 Å². The average molecular weight is 379 g/mol. The highest BCUT2D eigenvalue weighted by atomic mass is 32.2. The lowest BCUT2D eigenvalue weighted by Crippen LogP contribution is -2.48. The van der Waals surface area contributed by atoms with E-state index in [1.807, 2.05) is 6.92 Å². The van der Waals surface area contributed by atoms with Crippen LogP contribution in [0.1, 0.15) is 24.5 Å². The predicted molar refractivity (Wildman–Crippen MR) is 97.3 cm³/mol. The normalized spacial score (nSPS) is 21.7. The highest BCUT2D eigenvalue weighted by Crippen LogP contribution is 2.29. The van der Waals surface area contributed by atoms with Gasteiger partial charge in [0, 0.05) is 6.07 Å². The number of fused-ring (bicyclic) bond motifs is 1. The van der Waals surface area contributed by atoms with Crippen molar-refractivity contribution in [2.45, 2.75) is 32.7 Å². The molecule has 7 nitrogen and oxygen atoms in total. The molecule has 1 N–H and O–H groups in total. The zero-order valence-corrected chi connectivity index (χ0v) is 15.7. The zero-order chi connectivity index (χ0) is 19.1. The summed E-state index contributed by atoms with van der Waals surface area (Å²) in [5.74, 6) is 0.0595. The number of sulfone groups is 1. The highest BCUT2D eigenvalue weighted by molar-refractivity contribution is 7.91. The molecule has 0 saturated carbocycles. The van der Waals surface area contributed by atoms with Crippen LogP contribution in [0.15, 0.2) is 27.4 Å². The Balaban J connectivity index is 1.78. The van der Waals surface area contributed by atoms with E-state index >= 15 is 0 Å². The van der Waals surface area contributed by atoms with Gasteiger partial charge in [-0.25, -0.2) is 13.2 Å². The number of carbonyl (C=O) groups excluding carboxylic acids is 1. The van der Waals surface area contributed by atoms with Crippen LogP contribution in [0.3, 0.4) is 0 Å². The second-order valence-corrected chi connectivity index (χ2v) is 9.31. The summed E-state index contributed by atoms with van der Waals surface area (Å²) in [4.78, 5) is 23.8. The summed E-state index contributed by atoms with van der Waals surface area (Å²) in [6.07, 6.45) is 0.388. The second-order valence-electron chi connectivity index (χ2n) is 7.12. The van der Waals surface area contributed by atoms with Crippen LogP contribution in [-0.4, -0.2) is 38.0 Å². The van der Waals surface area contributed by atoms with Crippen molar-refractivity contribution in [1.82, 2.24) is 5.32 Å². The molecule has 1 unspecified atom stereocenters. The third-order valence-electron chi connectivity index (χ3n) is 4.45. The Labute approximate surface area is 151 Å². The molecule has 0 aliphatic carbocycles. The van der Waals surface area contributed by atoms with Gasteiger partial charge in [0.25, 0.3) is 5.91 Å². The van der Waals surface area contributed by atoms with Crippen LogP contribution in [0.4, 0.5) is 0 Å². The molecule has 1 aromatic heterocycles. The minimum absolute atomic E-state index is 0.0661. The molecule has 1 amide bonds. The molecule has 1 aliphatic rings. The van der Waals surface area contributed by atoms with Crippen molar-refractivity contribution < 1.29 is 22.4 Å². The molecule has 8 heteroatoms. The number of hydrogen-bond acceptors (Lipinski definition) is 6. The lowest BCUT2D eigenvalue weighted by molar-refractivity contribution is -0.124. The molecule has 1 aliphatic heterocycles. The number of nitrogens with one attached hydrogen (secondary N) is 1. The molecule has 1 aromatic carbocycles. The van der Waals surface area contributed by atoms with Crippen molar-refractivity contribution in [3.63, 3.8) is 0 Å². The van der Waals surface area contributed by atoms with Crippen LogP contribution in [0, 0.1) is 13.8 Å². The van der Waals surface area contributed by atoms with Crippen molar-refractivity contribution in [2.24, 2.45) is 0 Å². The summed E-state index contributed by atoms with van der Waals surface area (Å²) in [7, 11) is -3.11. The Bertz CT molecular complexity index is 1040. The molecule has 0 spiro atoms. The van der Waals surface area contributed by atoms with Gasteiger partial charge in [0.15, 0.2) is 16.4 Å². The number of carbonyl (C=O) groups is 1. The van der Waals surface area contributed by atoms with Crippen LogP contribution >= 0.6 is 0 Å². The SMILES string of the molecule is Cc1cc(OCC(=O)NC2(C)CCS(=O)(=O)C2)c2c(C)cc(=O)oc2c1. The minimum atomic E-state index is -3.11. The van der Waals surface area contributed by atoms with E-state index < -0.39 is 26.9 Å². The van der Waals surface area contributed by atoms with Gasteiger partial charge in [0.2, 0.25) is 0 Å². The number of ether oxygens (including phenoxy) is 1. The number of amides is 1. The van der Waals surface area contributed by atoms with Gasteiger partial charge in [0.05, 0.1) is 22.4 Å². The van der Waals surface area contributed by atoms with Crippen molar-refractivity contribution in [3.8, 4) is 5.75 Å². The van der Waals surface area contributed by atoms with E-state index in [4.69, 9.17) is 9.15 Å². The number of aryl methyl sites for hydroxylation is 2. The van der Waals surface area contributed by atoms with Gasteiger partial charge in [-0.05, 0) is 50.5 Å². The van der Waals surface area contributed by atoms with Gasteiger partial charge >= 0.3 is 5.63 Å². The quantitative estimate of drug-likeness (QED) is 0.807. The van der Waals surface area contributed by atoms with E-state index in [9.17, 15) is 18.0 Å². The molecule has 2 aromatic rings. The maximum absolute atomic E-state index is 12.2. The first-order valence-corrected chi connectivity index (χ1v) is 10.1. The Morgan fingerprint density at radius 2 is 2.04 bits per heavy atom. The third-order valence-corrected chi connectivity index (χ3v) is 6.36. The lowest BCUT2D eigenvalue weighted by Gasteiger charge is -2.24. The van der Waals surface area contributed by atoms with E-state index in [1.54, 1.807) is 26.0 Å². The Hall–Kier alpha value is -2.35. The molecular weight excluding hydrogens is 358 g/mol. The first kappa shape index (κ1) is 18.4. The number of hydrogen-bond donors (Lipinski definition) is 1. The fourth-order valence-electron chi connectivity index (χ4n) is 3.32. The average Bonchev–Trinajstić information content (AvgIpc) is 2.76. The van der Waals surface area contributed by atoms with Gasteiger partial charge in [-0.15, -0.1) is 0 Å². The van der Waals surface area contributed by atoms with Crippen molar-refractivity contribution in [1.29, 1.82) is 0 Å². The van der Waals surface area contributed by atoms with Crippen LogP contribution in [0.5, 0.6) is 5.75 Å². The van der Waals surface area contributed by atoms with E-state index in [1.165, 1.54) is 6.07 Å². The molecule has 1 saturated heterocycles. The van der Waals surface area contributed by atoms with Crippen molar-refractivity contribution >= 4 is 26.7 Å². The number of benzene rings is 1. The number of rotatable bonds is 4. The highest BCUT2D eigenvalue weighted by Gasteiger charge is 2.39. The predicted octanol–water partition coefficient (Wildman–Crippen LogP) is 1.48. The fourth-order valence-corrected chi connectivity index (χ4v) is 5.41. The molecule has 2 heterocycles. The standard InChI is InChI=1S/C18H21NO6S/c1-11-6-13(17-12(2)8-16(21)25-14(17)7-11)24-9-15(20)19-18(3)4-5-26(22,23)10-18/h6-8H,4-5,9-10H2,1-3H3,(H,19,20). The summed E-state index contributed by atoms with van der Waals surface area (Å²) in [6, 6.07) is 4.88.